The van der Waals surface area contributed by atoms with Crippen molar-refractivity contribution < 1.29 is 14.3 Å². The maximum absolute atomic E-state index is 12.0. The average Bonchev–Trinajstić information content (AvgIpc) is 2.48. The van der Waals surface area contributed by atoms with Crippen LogP contribution in [0.5, 0.6) is 5.75 Å². The van der Waals surface area contributed by atoms with Gasteiger partial charge in [-0.25, -0.2) is 4.79 Å². The Balaban J connectivity index is 2.08. The Morgan fingerprint density at radius 1 is 1.10 bits per heavy atom. The van der Waals surface area contributed by atoms with Gasteiger partial charge in [0.05, 0.1) is 5.56 Å². The molecule has 0 bridgehead atoms. The topological polar surface area (TPSA) is 55.4 Å². The second-order valence-electron chi connectivity index (χ2n) is 4.69. The van der Waals surface area contributed by atoms with E-state index in [-0.39, 0.29) is 5.91 Å². The van der Waals surface area contributed by atoms with Crippen molar-refractivity contribution in [1.82, 2.24) is 0 Å². The summed E-state index contributed by atoms with van der Waals surface area (Å²) in [6.07, 6.45) is 0.396. The Hall–Kier alpha value is -2.62. The van der Waals surface area contributed by atoms with Crippen LogP contribution in [0.25, 0.3) is 0 Å². The van der Waals surface area contributed by atoms with Gasteiger partial charge in [0.25, 0.3) is 0 Å². The lowest BCUT2D eigenvalue weighted by molar-refractivity contribution is -0.115. The molecule has 0 aromatic heterocycles. The van der Waals surface area contributed by atoms with Gasteiger partial charge in [0.2, 0.25) is 5.91 Å². The highest BCUT2D eigenvalue weighted by atomic mass is 16.5. The van der Waals surface area contributed by atoms with Gasteiger partial charge in [-0.05, 0) is 31.2 Å². The zero-order valence-electron chi connectivity index (χ0n) is 12.1. The van der Waals surface area contributed by atoms with Crippen LogP contribution in [0.2, 0.25) is 0 Å². The highest BCUT2D eigenvalue weighted by molar-refractivity contribution is 5.92. The molecule has 4 heteroatoms. The molecule has 0 unspecified atom stereocenters. The first-order valence-corrected chi connectivity index (χ1v) is 6.77. The van der Waals surface area contributed by atoms with Crippen LogP contribution in [0.1, 0.15) is 29.3 Å². The molecular weight excluding hydrogens is 266 g/mol. The predicted octanol–water partition coefficient (Wildman–Crippen LogP) is 3.56. The molecule has 0 aliphatic carbocycles. The van der Waals surface area contributed by atoms with Gasteiger partial charge in [0.15, 0.2) is 0 Å². The fourth-order valence-electron chi connectivity index (χ4n) is 1.74. The zero-order valence-corrected chi connectivity index (χ0v) is 12.1. The number of carbonyl (C=O) groups excluding carboxylic acids is 2. The van der Waals surface area contributed by atoms with Crippen LogP contribution >= 0.6 is 0 Å². The van der Waals surface area contributed by atoms with Crippen molar-refractivity contribution in [3.63, 3.8) is 0 Å². The molecule has 1 N–H and O–H groups in total. The maximum atomic E-state index is 12.0. The molecule has 1 amide bonds. The van der Waals surface area contributed by atoms with Crippen LogP contribution in [0.3, 0.4) is 0 Å². The number of amides is 1. The number of aryl methyl sites for hydroxylation is 1. The van der Waals surface area contributed by atoms with Gasteiger partial charge >= 0.3 is 5.97 Å². The lowest BCUT2D eigenvalue weighted by Gasteiger charge is -2.07. The third-order valence-corrected chi connectivity index (χ3v) is 2.94. The number of ether oxygens (including phenoxy) is 1. The van der Waals surface area contributed by atoms with Crippen LogP contribution in [-0.2, 0) is 4.79 Å². The number of hydrogen-bond donors (Lipinski definition) is 1. The van der Waals surface area contributed by atoms with Gasteiger partial charge in [-0.1, -0.05) is 30.7 Å². The average molecular weight is 283 g/mol. The molecule has 2 aromatic rings. The summed E-state index contributed by atoms with van der Waals surface area (Å²) in [6.45, 7) is 3.73. The Labute approximate surface area is 123 Å². The summed E-state index contributed by atoms with van der Waals surface area (Å²) in [5.41, 5.74) is 2.18. The molecule has 0 atom stereocenters. The van der Waals surface area contributed by atoms with Gasteiger partial charge in [0, 0.05) is 18.2 Å². The normalized spacial score (nSPS) is 10.0. The maximum Gasteiger partial charge on any atom is 0.343 e. The van der Waals surface area contributed by atoms with Crippen molar-refractivity contribution in [2.75, 3.05) is 5.32 Å². The summed E-state index contributed by atoms with van der Waals surface area (Å²) in [6, 6.07) is 13.9. The largest absolute Gasteiger partial charge is 0.423 e. The summed E-state index contributed by atoms with van der Waals surface area (Å²) in [7, 11) is 0. The number of rotatable bonds is 4. The molecule has 2 aromatic carbocycles. The first-order chi connectivity index (χ1) is 10.1. The highest BCUT2D eigenvalue weighted by Crippen LogP contribution is 2.19. The predicted molar refractivity (Wildman–Crippen MR) is 81.5 cm³/mol. The van der Waals surface area contributed by atoms with Crippen molar-refractivity contribution in [1.29, 1.82) is 0 Å². The molecule has 21 heavy (non-hydrogen) atoms. The second kappa shape index (κ2) is 6.70. The molecule has 0 heterocycles. The lowest BCUT2D eigenvalue weighted by Crippen LogP contribution is -2.11. The van der Waals surface area contributed by atoms with E-state index in [1.807, 2.05) is 19.1 Å². The summed E-state index contributed by atoms with van der Waals surface area (Å²) in [5.74, 6) is -0.111. The standard InChI is InChI=1S/C17H17NO3/c1-3-16(19)18-14-5-4-6-15(11-14)21-17(20)13-9-7-12(2)8-10-13/h4-11H,3H2,1-2H3,(H,18,19). The number of benzene rings is 2. The first kappa shape index (κ1) is 14.8. The molecule has 108 valence electrons. The van der Waals surface area contributed by atoms with Crippen molar-refractivity contribution in [3.05, 3.63) is 59.7 Å². The van der Waals surface area contributed by atoms with E-state index in [2.05, 4.69) is 5.32 Å². The van der Waals surface area contributed by atoms with E-state index in [9.17, 15) is 9.59 Å². The van der Waals surface area contributed by atoms with E-state index in [4.69, 9.17) is 4.74 Å². The number of esters is 1. The van der Waals surface area contributed by atoms with Crippen molar-refractivity contribution in [2.45, 2.75) is 20.3 Å². The fourth-order valence-corrected chi connectivity index (χ4v) is 1.74. The van der Waals surface area contributed by atoms with E-state index >= 15 is 0 Å². The number of anilines is 1. The van der Waals surface area contributed by atoms with Gasteiger partial charge in [-0.15, -0.1) is 0 Å². The Morgan fingerprint density at radius 2 is 1.81 bits per heavy atom. The van der Waals surface area contributed by atoms with Crippen LogP contribution in [0.15, 0.2) is 48.5 Å². The van der Waals surface area contributed by atoms with E-state index in [1.165, 1.54) is 0 Å². The van der Waals surface area contributed by atoms with E-state index < -0.39 is 5.97 Å². The molecule has 0 aliphatic heterocycles. The number of nitrogens with one attached hydrogen (secondary N) is 1. The SMILES string of the molecule is CCC(=O)Nc1cccc(OC(=O)c2ccc(C)cc2)c1. The smallest absolute Gasteiger partial charge is 0.343 e. The second-order valence-corrected chi connectivity index (χ2v) is 4.69. The number of carbonyl (C=O) groups is 2. The monoisotopic (exact) mass is 283 g/mol. The summed E-state index contributed by atoms with van der Waals surface area (Å²) >= 11 is 0. The van der Waals surface area contributed by atoms with Crippen molar-refractivity contribution in [3.8, 4) is 5.75 Å². The molecule has 0 saturated heterocycles. The Bertz CT molecular complexity index is 647. The minimum absolute atomic E-state index is 0.0861. The van der Waals surface area contributed by atoms with Crippen LogP contribution in [-0.4, -0.2) is 11.9 Å². The van der Waals surface area contributed by atoms with Gasteiger partial charge in [-0.2, -0.15) is 0 Å². The van der Waals surface area contributed by atoms with E-state index in [0.29, 0.717) is 23.4 Å². The minimum atomic E-state index is -0.422. The quantitative estimate of drug-likeness (QED) is 0.689. The molecule has 0 spiro atoms. The molecule has 4 nitrogen and oxygen atoms in total. The van der Waals surface area contributed by atoms with Crippen molar-refractivity contribution >= 4 is 17.6 Å². The lowest BCUT2D eigenvalue weighted by atomic mass is 10.1. The van der Waals surface area contributed by atoms with Crippen molar-refractivity contribution in [2.24, 2.45) is 0 Å². The number of hydrogen-bond acceptors (Lipinski definition) is 3. The Kier molecular flexibility index (Phi) is 4.72. The molecule has 0 saturated carbocycles. The molecule has 0 aliphatic rings. The molecule has 0 fully saturated rings. The van der Waals surface area contributed by atoms with Crippen LogP contribution in [0, 0.1) is 6.92 Å². The Morgan fingerprint density at radius 3 is 2.48 bits per heavy atom. The zero-order chi connectivity index (χ0) is 15.2. The van der Waals surface area contributed by atoms with Crippen LogP contribution < -0.4 is 10.1 Å². The first-order valence-electron chi connectivity index (χ1n) is 6.77. The molecule has 0 radical (unpaired) electrons. The third kappa shape index (κ3) is 4.18. The minimum Gasteiger partial charge on any atom is -0.423 e. The van der Waals surface area contributed by atoms with Gasteiger partial charge in [-0.3, -0.25) is 4.79 Å². The van der Waals surface area contributed by atoms with E-state index in [1.54, 1.807) is 43.3 Å². The van der Waals surface area contributed by atoms with Gasteiger partial charge in [0.1, 0.15) is 5.75 Å². The summed E-state index contributed by atoms with van der Waals surface area (Å²) in [4.78, 5) is 23.4. The van der Waals surface area contributed by atoms with Crippen LogP contribution in [0.4, 0.5) is 5.69 Å². The molecule has 2 rings (SSSR count). The summed E-state index contributed by atoms with van der Waals surface area (Å²) < 4.78 is 5.31. The van der Waals surface area contributed by atoms with Gasteiger partial charge < -0.3 is 10.1 Å². The third-order valence-electron chi connectivity index (χ3n) is 2.94. The fraction of sp³-hybridized carbons (Fsp3) is 0.176. The van der Waals surface area contributed by atoms with E-state index in [0.717, 1.165) is 5.56 Å². The molecular formula is C17H17NO3. The summed E-state index contributed by atoms with van der Waals surface area (Å²) in [5, 5.41) is 2.72. The highest BCUT2D eigenvalue weighted by Gasteiger charge is 2.09.